The molecular weight excluding hydrogens is 357 g/mol. The van der Waals surface area contributed by atoms with Gasteiger partial charge in [-0.15, -0.1) is 0 Å². The Hall–Kier alpha value is 3.34. The maximum Gasteiger partial charge on any atom is 1.00 e. The van der Waals surface area contributed by atoms with E-state index in [1.807, 2.05) is 0 Å². The molecule has 2 unspecified atom stereocenters. The molecule has 1 aliphatic rings. The van der Waals surface area contributed by atoms with E-state index < -0.39 is 13.9 Å². The predicted octanol–water partition coefficient (Wildman–Crippen LogP) is -3.47. The van der Waals surface area contributed by atoms with Gasteiger partial charge in [-0.1, -0.05) is 39.0 Å². The molecule has 0 aromatic heterocycles. The van der Waals surface area contributed by atoms with E-state index >= 15 is 0 Å². The minimum atomic E-state index is -4.87. The zero-order valence-corrected chi connectivity index (χ0v) is 21.6. The standard InChI is InChI=1S/C14H29O5P.2K/c1-2-3-4-5-6-8-14(19-20(15,16)17)10-7-9-13-11-12-18-13;;/h13-14H,2-12H2,1H3,(H2,15,16,17);;/q;2*+1/p-2. The van der Waals surface area contributed by atoms with Gasteiger partial charge in [-0.3, -0.25) is 0 Å². The molecule has 0 aliphatic carbocycles. The summed E-state index contributed by atoms with van der Waals surface area (Å²) in [6.45, 7) is 2.98. The zero-order chi connectivity index (χ0) is 14.8. The molecule has 1 aliphatic heterocycles. The Balaban J connectivity index is 0. The van der Waals surface area contributed by atoms with E-state index in [4.69, 9.17) is 4.74 Å². The van der Waals surface area contributed by atoms with Crippen molar-refractivity contribution in [3.05, 3.63) is 0 Å². The minimum Gasteiger partial charge on any atom is -0.790 e. The van der Waals surface area contributed by atoms with Crippen LogP contribution in [-0.4, -0.2) is 18.8 Å². The van der Waals surface area contributed by atoms with E-state index in [2.05, 4.69) is 11.4 Å². The molecule has 0 amide bonds. The zero-order valence-electron chi connectivity index (χ0n) is 14.4. The maximum absolute atomic E-state index is 10.8. The van der Waals surface area contributed by atoms with Gasteiger partial charge >= 0.3 is 103 Å². The quantitative estimate of drug-likeness (QED) is 0.198. The van der Waals surface area contributed by atoms with Crippen LogP contribution in [0.3, 0.4) is 0 Å². The molecule has 1 saturated heterocycles. The van der Waals surface area contributed by atoms with Crippen molar-refractivity contribution in [3.8, 4) is 0 Å². The van der Waals surface area contributed by atoms with Crippen LogP contribution in [0.5, 0.6) is 0 Å². The van der Waals surface area contributed by atoms with E-state index in [0.717, 1.165) is 45.1 Å². The number of ether oxygens (including phenoxy) is 1. The molecule has 1 heterocycles. The summed E-state index contributed by atoms with van der Waals surface area (Å²) in [4.78, 5) is 21.5. The summed E-state index contributed by atoms with van der Waals surface area (Å²) in [6.07, 6.45) is 9.56. The van der Waals surface area contributed by atoms with Gasteiger partial charge in [-0.2, -0.15) is 0 Å². The average molecular weight is 385 g/mol. The van der Waals surface area contributed by atoms with Crippen LogP contribution in [0.15, 0.2) is 0 Å². The number of unbranched alkanes of at least 4 members (excludes halogenated alkanes) is 4. The van der Waals surface area contributed by atoms with Crippen LogP contribution in [0.25, 0.3) is 0 Å². The molecule has 1 fully saturated rings. The predicted molar refractivity (Wildman–Crippen MR) is 74.1 cm³/mol. The normalized spacial score (nSPS) is 18.8. The first-order valence-electron chi connectivity index (χ1n) is 7.83. The van der Waals surface area contributed by atoms with Crippen molar-refractivity contribution in [2.45, 2.75) is 83.3 Å². The molecule has 0 saturated carbocycles. The fourth-order valence-electron chi connectivity index (χ4n) is 2.49. The van der Waals surface area contributed by atoms with Crippen LogP contribution in [-0.2, 0) is 13.8 Å². The molecule has 0 aromatic rings. The number of hydrogen-bond acceptors (Lipinski definition) is 5. The molecule has 0 spiro atoms. The van der Waals surface area contributed by atoms with Crippen molar-refractivity contribution in [1.29, 1.82) is 0 Å². The van der Waals surface area contributed by atoms with Crippen molar-refractivity contribution in [3.63, 3.8) is 0 Å². The molecular formula is C14H27K2O5P. The third kappa shape index (κ3) is 15.6. The Morgan fingerprint density at radius 2 is 1.73 bits per heavy atom. The van der Waals surface area contributed by atoms with Crippen LogP contribution in [0.1, 0.15) is 71.1 Å². The van der Waals surface area contributed by atoms with Crippen LogP contribution >= 0.6 is 7.82 Å². The fourth-order valence-corrected chi connectivity index (χ4v) is 3.07. The molecule has 22 heavy (non-hydrogen) atoms. The summed E-state index contributed by atoms with van der Waals surface area (Å²) < 4.78 is 20.8. The van der Waals surface area contributed by atoms with Crippen LogP contribution in [0, 0.1) is 0 Å². The molecule has 1 rings (SSSR count). The van der Waals surface area contributed by atoms with Gasteiger partial charge in [0.25, 0.3) is 0 Å². The number of phosphoric acid groups is 1. The Bertz CT molecular complexity index is 297. The topological polar surface area (TPSA) is 81.7 Å². The van der Waals surface area contributed by atoms with Gasteiger partial charge in [0, 0.05) is 6.61 Å². The first-order chi connectivity index (χ1) is 9.51. The summed E-state index contributed by atoms with van der Waals surface area (Å²) in [7, 11) is -4.87. The third-order valence-corrected chi connectivity index (χ3v) is 4.31. The van der Waals surface area contributed by atoms with Gasteiger partial charge in [-0.25, -0.2) is 0 Å². The average Bonchev–Trinajstić information content (AvgIpc) is 2.29. The van der Waals surface area contributed by atoms with E-state index in [1.54, 1.807) is 0 Å². The summed E-state index contributed by atoms with van der Waals surface area (Å²) in [6, 6.07) is 0. The van der Waals surface area contributed by atoms with Gasteiger partial charge in [0.1, 0.15) is 0 Å². The van der Waals surface area contributed by atoms with Crippen LogP contribution in [0.4, 0.5) is 0 Å². The molecule has 0 aromatic carbocycles. The molecule has 0 radical (unpaired) electrons. The Labute approximate surface area is 220 Å². The molecule has 2 atom stereocenters. The van der Waals surface area contributed by atoms with Crippen molar-refractivity contribution in [1.82, 2.24) is 0 Å². The summed E-state index contributed by atoms with van der Waals surface area (Å²) >= 11 is 0. The van der Waals surface area contributed by atoms with Crippen LogP contribution < -0.4 is 113 Å². The van der Waals surface area contributed by atoms with Crippen LogP contribution in [0.2, 0.25) is 0 Å². The monoisotopic (exact) mass is 384 g/mol. The SMILES string of the molecule is CCCCCCCC(CCCC1CCO1)OP(=O)([O-])[O-].[K+].[K+]. The first kappa shape index (κ1) is 27.6. The van der Waals surface area contributed by atoms with Gasteiger partial charge in [0.15, 0.2) is 0 Å². The van der Waals surface area contributed by atoms with Crippen molar-refractivity contribution < 1.29 is 126 Å². The molecule has 0 N–H and O–H groups in total. The Morgan fingerprint density at radius 1 is 1.14 bits per heavy atom. The Morgan fingerprint density at radius 3 is 2.23 bits per heavy atom. The van der Waals surface area contributed by atoms with E-state index in [-0.39, 0.29) is 103 Å². The smallest absolute Gasteiger partial charge is 0.790 e. The van der Waals surface area contributed by atoms with E-state index in [9.17, 15) is 14.4 Å². The Kier molecular flexibility index (Phi) is 20.7. The first-order valence-corrected chi connectivity index (χ1v) is 9.29. The summed E-state index contributed by atoms with van der Waals surface area (Å²) in [5, 5.41) is 0. The molecule has 8 heteroatoms. The van der Waals surface area contributed by atoms with Gasteiger partial charge in [0.2, 0.25) is 0 Å². The second-order valence-corrected chi connectivity index (χ2v) is 6.70. The van der Waals surface area contributed by atoms with Gasteiger partial charge < -0.3 is 23.6 Å². The largest absolute Gasteiger partial charge is 1.00 e. The van der Waals surface area contributed by atoms with Crippen molar-refractivity contribution in [2.75, 3.05) is 6.61 Å². The van der Waals surface area contributed by atoms with E-state index in [1.165, 1.54) is 12.8 Å². The third-order valence-electron chi connectivity index (χ3n) is 3.75. The van der Waals surface area contributed by atoms with Gasteiger partial charge in [0.05, 0.1) is 20.0 Å². The summed E-state index contributed by atoms with van der Waals surface area (Å²) in [5.74, 6) is 0. The molecule has 5 nitrogen and oxygen atoms in total. The number of hydrogen-bond donors (Lipinski definition) is 0. The number of rotatable bonds is 12. The van der Waals surface area contributed by atoms with Crippen molar-refractivity contribution in [2.24, 2.45) is 0 Å². The fraction of sp³-hybridized carbons (Fsp3) is 1.00. The van der Waals surface area contributed by atoms with E-state index in [0.29, 0.717) is 18.9 Å². The minimum absolute atomic E-state index is 0. The second-order valence-electron chi connectivity index (χ2n) is 5.59. The maximum atomic E-state index is 10.8. The summed E-state index contributed by atoms with van der Waals surface area (Å²) in [5.41, 5.74) is 0. The molecule has 120 valence electrons. The number of phosphoric ester groups is 1. The van der Waals surface area contributed by atoms with Gasteiger partial charge in [-0.05, 0) is 32.1 Å². The molecule has 0 bridgehead atoms. The second kappa shape index (κ2) is 16.5. The van der Waals surface area contributed by atoms with Crippen molar-refractivity contribution >= 4 is 7.82 Å².